The van der Waals surface area contributed by atoms with Crippen molar-refractivity contribution in [3.63, 3.8) is 0 Å². The number of hydrogen-bond acceptors (Lipinski definition) is 7. The highest BCUT2D eigenvalue weighted by Gasteiger charge is 2.22. The molecule has 7 nitrogen and oxygen atoms in total. The number of phenols is 2. The Morgan fingerprint density at radius 1 is 1.13 bits per heavy atom. The highest BCUT2D eigenvalue weighted by Crippen LogP contribution is 2.45. The Hall–Kier alpha value is -2.84. The van der Waals surface area contributed by atoms with Crippen molar-refractivity contribution in [1.29, 1.82) is 0 Å². The van der Waals surface area contributed by atoms with Gasteiger partial charge in [0, 0.05) is 37.0 Å². The van der Waals surface area contributed by atoms with E-state index >= 15 is 0 Å². The number of rotatable bonds is 8. The van der Waals surface area contributed by atoms with Gasteiger partial charge < -0.3 is 25.0 Å². The van der Waals surface area contributed by atoms with Crippen molar-refractivity contribution >= 4 is 17.4 Å². The van der Waals surface area contributed by atoms with Crippen LogP contribution in [0, 0.1) is 0 Å². The lowest BCUT2D eigenvalue weighted by Crippen LogP contribution is -2.10. The van der Waals surface area contributed by atoms with Gasteiger partial charge in [-0.25, -0.2) is 0 Å². The van der Waals surface area contributed by atoms with Crippen molar-refractivity contribution in [1.82, 2.24) is 10.2 Å². The Labute approximate surface area is 186 Å². The smallest absolute Gasteiger partial charge is 0.142 e. The average Bonchev–Trinajstić information content (AvgIpc) is 3.14. The maximum atomic E-state index is 10.6. The van der Waals surface area contributed by atoms with Crippen molar-refractivity contribution in [2.75, 3.05) is 38.5 Å². The van der Waals surface area contributed by atoms with Crippen LogP contribution < -0.4 is 9.64 Å². The van der Waals surface area contributed by atoms with Gasteiger partial charge in [-0.15, -0.1) is 11.8 Å². The number of ether oxygens (including phenoxy) is 1. The molecule has 166 valence electrons. The monoisotopic (exact) mass is 443 g/mol. The van der Waals surface area contributed by atoms with Crippen LogP contribution in [0.5, 0.6) is 17.2 Å². The first-order valence-corrected chi connectivity index (χ1v) is 11.0. The van der Waals surface area contributed by atoms with Crippen LogP contribution >= 0.6 is 11.8 Å². The number of nitrogens with zero attached hydrogens (tertiary/aromatic N) is 2. The van der Waals surface area contributed by atoms with Crippen LogP contribution in [-0.2, 0) is 0 Å². The third-order valence-electron chi connectivity index (χ3n) is 5.05. The number of methoxy groups -OCH3 is 1. The molecule has 0 saturated heterocycles. The van der Waals surface area contributed by atoms with E-state index in [2.05, 4.69) is 10.2 Å². The SMILES string of the molecule is COc1ccc(-c2c(SCCO)n[nH]c2-c2cc(C(C)C)c(O)cc2O)cc1N(C)C. The summed E-state index contributed by atoms with van der Waals surface area (Å²) in [6.45, 7) is 4.00. The van der Waals surface area contributed by atoms with E-state index in [0.29, 0.717) is 17.0 Å². The maximum absolute atomic E-state index is 10.6. The molecule has 1 heterocycles. The maximum Gasteiger partial charge on any atom is 0.142 e. The lowest BCUT2D eigenvalue weighted by molar-refractivity contribution is 0.322. The summed E-state index contributed by atoms with van der Waals surface area (Å²) in [4.78, 5) is 1.97. The molecular weight excluding hydrogens is 414 g/mol. The van der Waals surface area contributed by atoms with Crippen LogP contribution in [0.4, 0.5) is 5.69 Å². The Balaban J connectivity index is 2.25. The van der Waals surface area contributed by atoms with E-state index in [-0.39, 0.29) is 24.0 Å². The lowest BCUT2D eigenvalue weighted by atomic mass is 9.95. The molecule has 0 amide bonds. The molecule has 0 fully saturated rings. The summed E-state index contributed by atoms with van der Waals surface area (Å²) in [5.41, 5.74) is 4.56. The Morgan fingerprint density at radius 3 is 2.48 bits per heavy atom. The predicted octanol–water partition coefficient (Wildman–Crippen LogP) is 4.44. The molecule has 0 aliphatic carbocycles. The summed E-state index contributed by atoms with van der Waals surface area (Å²) in [6.07, 6.45) is 0. The highest BCUT2D eigenvalue weighted by molar-refractivity contribution is 7.99. The molecule has 2 aromatic carbocycles. The lowest BCUT2D eigenvalue weighted by Gasteiger charge is -2.18. The van der Waals surface area contributed by atoms with Crippen LogP contribution in [-0.4, -0.2) is 59.1 Å². The molecule has 0 aliphatic rings. The standard InChI is InChI=1S/C23H29N3O4S/c1-13(2)15-11-16(19(29)12-18(15)28)22-21(23(25-24-22)31-9-8-27)14-6-7-20(30-5)17(10-14)26(3)4/h6-7,10-13,27-29H,8-9H2,1-5H3,(H,24,25). The van der Waals surface area contributed by atoms with Gasteiger partial charge in [0.15, 0.2) is 0 Å². The highest BCUT2D eigenvalue weighted by atomic mass is 32.2. The summed E-state index contributed by atoms with van der Waals surface area (Å²) in [5, 5.41) is 38.5. The fraction of sp³-hybridized carbons (Fsp3) is 0.348. The number of aromatic hydroxyl groups is 2. The molecule has 31 heavy (non-hydrogen) atoms. The van der Waals surface area contributed by atoms with Gasteiger partial charge in [0.25, 0.3) is 0 Å². The average molecular weight is 444 g/mol. The molecule has 0 bridgehead atoms. The van der Waals surface area contributed by atoms with E-state index in [4.69, 9.17) is 4.74 Å². The third kappa shape index (κ3) is 4.60. The number of benzene rings is 2. The molecule has 0 atom stereocenters. The minimum Gasteiger partial charge on any atom is -0.508 e. The van der Waals surface area contributed by atoms with E-state index < -0.39 is 0 Å². The topological polar surface area (TPSA) is 102 Å². The number of aromatic amines is 1. The van der Waals surface area contributed by atoms with E-state index in [0.717, 1.165) is 33.2 Å². The van der Waals surface area contributed by atoms with Crippen molar-refractivity contribution in [3.05, 3.63) is 35.9 Å². The van der Waals surface area contributed by atoms with E-state index in [1.807, 2.05) is 51.0 Å². The predicted molar refractivity (Wildman–Crippen MR) is 126 cm³/mol. The molecule has 3 aromatic rings. The molecule has 0 unspecified atom stereocenters. The largest absolute Gasteiger partial charge is 0.508 e. The van der Waals surface area contributed by atoms with Crippen molar-refractivity contribution in [2.24, 2.45) is 0 Å². The van der Waals surface area contributed by atoms with Crippen LogP contribution in [0.2, 0.25) is 0 Å². The van der Waals surface area contributed by atoms with Gasteiger partial charge in [-0.2, -0.15) is 5.10 Å². The van der Waals surface area contributed by atoms with Crippen LogP contribution in [0.3, 0.4) is 0 Å². The molecule has 3 rings (SSSR count). The molecule has 1 aromatic heterocycles. The number of aromatic nitrogens is 2. The summed E-state index contributed by atoms with van der Waals surface area (Å²) < 4.78 is 5.49. The molecule has 0 saturated carbocycles. The fourth-order valence-corrected chi connectivity index (χ4v) is 4.25. The van der Waals surface area contributed by atoms with E-state index in [9.17, 15) is 15.3 Å². The van der Waals surface area contributed by atoms with Gasteiger partial charge >= 0.3 is 0 Å². The zero-order valence-electron chi connectivity index (χ0n) is 18.4. The van der Waals surface area contributed by atoms with Crippen molar-refractivity contribution in [3.8, 4) is 39.6 Å². The molecule has 8 heteroatoms. The number of H-pyrrole nitrogens is 1. The zero-order chi connectivity index (χ0) is 22.7. The first-order chi connectivity index (χ1) is 14.8. The first-order valence-electron chi connectivity index (χ1n) is 10.0. The minimum absolute atomic E-state index is 0.0276. The fourth-order valence-electron chi connectivity index (χ4n) is 3.49. The number of thioether (sulfide) groups is 1. The second-order valence-electron chi connectivity index (χ2n) is 7.71. The number of nitrogens with one attached hydrogen (secondary N) is 1. The molecule has 0 spiro atoms. The quantitative estimate of drug-likeness (QED) is 0.382. The van der Waals surface area contributed by atoms with Gasteiger partial charge in [0.2, 0.25) is 0 Å². The number of hydrogen-bond donors (Lipinski definition) is 4. The Bertz CT molecular complexity index is 1060. The van der Waals surface area contributed by atoms with Gasteiger partial charge in [0.05, 0.1) is 25.1 Å². The third-order valence-corrected chi connectivity index (χ3v) is 6.00. The van der Waals surface area contributed by atoms with Gasteiger partial charge in [-0.3, -0.25) is 5.10 Å². The summed E-state index contributed by atoms with van der Waals surface area (Å²) in [5.74, 6) is 1.35. The zero-order valence-corrected chi connectivity index (χ0v) is 19.2. The van der Waals surface area contributed by atoms with E-state index in [1.165, 1.54) is 17.8 Å². The first kappa shape index (κ1) is 22.8. The van der Waals surface area contributed by atoms with Crippen molar-refractivity contribution in [2.45, 2.75) is 24.8 Å². The number of aliphatic hydroxyl groups is 1. The van der Waals surface area contributed by atoms with Crippen LogP contribution in [0.1, 0.15) is 25.3 Å². The normalized spacial score (nSPS) is 11.2. The molecule has 0 radical (unpaired) electrons. The minimum atomic E-state index is -0.0353. The number of phenolic OH excluding ortho intramolecular Hbond substituents is 2. The van der Waals surface area contributed by atoms with Crippen molar-refractivity contribution < 1.29 is 20.1 Å². The Morgan fingerprint density at radius 2 is 1.87 bits per heavy atom. The van der Waals surface area contributed by atoms with Crippen LogP contribution in [0.25, 0.3) is 22.4 Å². The molecule has 4 N–H and O–H groups in total. The number of anilines is 1. The molecule has 0 aliphatic heterocycles. The van der Waals surface area contributed by atoms with Crippen LogP contribution in [0.15, 0.2) is 35.4 Å². The second-order valence-corrected chi connectivity index (χ2v) is 8.80. The molecular formula is C23H29N3O4S. The summed E-state index contributed by atoms with van der Waals surface area (Å²) in [6, 6.07) is 9.03. The van der Waals surface area contributed by atoms with Gasteiger partial charge in [0.1, 0.15) is 22.3 Å². The van der Waals surface area contributed by atoms with E-state index in [1.54, 1.807) is 13.2 Å². The summed E-state index contributed by atoms with van der Waals surface area (Å²) >= 11 is 1.43. The summed E-state index contributed by atoms with van der Waals surface area (Å²) in [7, 11) is 5.52. The second kappa shape index (κ2) is 9.53. The van der Waals surface area contributed by atoms with Gasteiger partial charge in [-0.1, -0.05) is 19.9 Å². The Kier molecular flexibility index (Phi) is 7.02. The van der Waals surface area contributed by atoms with Gasteiger partial charge in [-0.05, 0) is 35.2 Å². The number of aliphatic hydroxyl groups excluding tert-OH is 1.